The molecule has 0 unspecified atom stereocenters. The summed E-state index contributed by atoms with van der Waals surface area (Å²) in [6.45, 7) is 8.88. The molecule has 0 radical (unpaired) electrons. The smallest absolute Gasteiger partial charge is 0.0726 e. The molecule has 4 rings (SSSR count). The number of piperidine rings is 1. The molecule has 1 aliphatic rings. The first kappa shape index (κ1) is 17.8. The lowest BCUT2D eigenvalue weighted by molar-refractivity contribution is 0.578. The van der Waals surface area contributed by atoms with Gasteiger partial charge in [0.1, 0.15) is 0 Å². The molecule has 0 aliphatic carbocycles. The first-order chi connectivity index (χ1) is 13.1. The highest BCUT2D eigenvalue weighted by molar-refractivity contribution is 5.93. The molecule has 140 valence electrons. The minimum atomic E-state index is 0.507. The lowest BCUT2D eigenvalue weighted by Gasteiger charge is -2.28. The number of nitrogens with zero attached hydrogens (tertiary/aromatic N) is 2. The standard InChI is InChI=1S/C24H29N3/c1-17(2)19-7-12-23-22(16-19)24(15-18(3)25-23)26-20-8-10-21(11-9-20)27-13-5-4-6-14-27/h7-12,15-17H,4-6,13-14H2,1-3H3,(H,25,26). The van der Waals surface area contributed by atoms with Crippen LogP contribution in [0.1, 0.15) is 50.3 Å². The van der Waals surface area contributed by atoms with Crippen LogP contribution in [-0.2, 0) is 0 Å². The Hall–Kier alpha value is -2.55. The first-order valence-electron chi connectivity index (χ1n) is 10.1. The zero-order valence-corrected chi connectivity index (χ0v) is 16.6. The molecule has 3 aromatic rings. The van der Waals surface area contributed by atoms with Gasteiger partial charge < -0.3 is 10.2 Å². The van der Waals surface area contributed by atoms with Gasteiger partial charge in [-0.2, -0.15) is 0 Å². The highest BCUT2D eigenvalue weighted by atomic mass is 15.1. The van der Waals surface area contributed by atoms with Crippen molar-refractivity contribution in [3.8, 4) is 0 Å². The molecule has 1 aliphatic heterocycles. The number of fused-ring (bicyclic) bond motifs is 1. The monoisotopic (exact) mass is 359 g/mol. The van der Waals surface area contributed by atoms with Crippen LogP contribution in [0.4, 0.5) is 17.1 Å². The molecule has 0 saturated carbocycles. The summed E-state index contributed by atoms with van der Waals surface area (Å²) in [6.07, 6.45) is 3.98. The molecule has 1 aromatic heterocycles. The fraction of sp³-hybridized carbons (Fsp3) is 0.375. The number of anilines is 3. The van der Waals surface area contributed by atoms with Crippen LogP contribution in [0.15, 0.2) is 48.5 Å². The number of pyridine rings is 1. The average Bonchev–Trinajstić information content (AvgIpc) is 2.69. The average molecular weight is 360 g/mol. The molecule has 27 heavy (non-hydrogen) atoms. The van der Waals surface area contributed by atoms with Crippen molar-refractivity contribution in [2.45, 2.75) is 46.0 Å². The Kier molecular flexibility index (Phi) is 5.02. The third-order valence-corrected chi connectivity index (χ3v) is 5.49. The van der Waals surface area contributed by atoms with E-state index in [4.69, 9.17) is 4.98 Å². The van der Waals surface area contributed by atoms with Gasteiger partial charge in [0.05, 0.1) is 5.52 Å². The van der Waals surface area contributed by atoms with Crippen LogP contribution in [0.3, 0.4) is 0 Å². The van der Waals surface area contributed by atoms with E-state index in [1.165, 1.54) is 49.0 Å². The summed E-state index contributed by atoms with van der Waals surface area (Å²) in [5, 5.41) is 4.81. The molecule has 1 N–H and O–H groups in total. The van der Waals surface area contributed by atoms with Crippen molar-refractivity contribution in [1.29, 1.82) is 0 Å². The van der Waals surface area contributed by atoms with E-state index in [9.17, 15) is 0 Å². The van der Waals surface area contributed by atoms with Crippen molar-refractivity contribution in [2.24, 2.45) is 0 Å². The second kappa shape index (κ2) is 7.59. The maximum absolute atomic E-state index is 4.71. The molecule has 0 amide bonds. The molecule has 3 nitrogen and oxygen atoms in total. The fourth-order valence-electron chi connectivity index (χ4n) is 3.90. The molecule has 0 spiro atoms. The number of hydrogen-bond acceptors (Lipinski definition) is 3. The van der Waals surface area contributed by atoms with Crippen molar-refractivity contribution >= 4 is 28.0 Å². The first-order valence-corrected chi connectivity index (χ1v) is 10.1. The zero-order valence-electron chi connectivity index (χ0n) is 16.6. The van der Waals surface area contributed by atoms with Gasteiger partial charge in [0.2, 0.25) is 0 Å². The minimum absolute atomic E-state index is 0.507. The largest absolute Gasteiger partial charge is 0.372 e. The lowest BCUT2D eigenvalue weighted by Crippen LogP contribution is -2.29. The van der Waals surface area contributed by atoms with Crippen molar-refractivity contribution in [1.82, 2.24) is 4.98 Å². The number of rotatable bonds is 4. The van der Waals surface area contributed by atoms with Gasteiger partial charge in [-0.25, -0.2) is 0 Å². The van der Waals surface area contributed by atoms with Crippen molar-refractivity contribution < 1.29 is 0 Å². The van der Waals surface area contributed by atoms with Crippen molar-refractivity contribution in [3.63, 3.8) is 0 Å². The zero-order chi connectivity index (χ0) is 18.8. The van der Waals surface area contributed by atoms with E-state index in [0.717, 1.165) is 22.6 Å². The van der Waals surface area contributed by atoms with E-state index < -0.39 is 0 Å². The highest BCUT2D eigenvalue weighted by Crippen LogP contribution is 2.30. The van der Waals surface area contributed by atoms with Gasteiger partial charge in [-0.1, -0.05) is 19.9 Å². The SMILES string of the molecule is Cc1cc(Nc2ccc(N3CCCCC3)cc2)c2cc(C(C)C)ccc2n1. The van der Waals surface area contributed by atoms with E-state index in [-0.39, 0.29) is 0 Å². The summed E-state index contributed by atoms with van der Waals surface area (Å²) >= 11 is 0. The van der Waals surface area contributed by atoms with Crippen molar-refractivity contribution in [2.75, 3.05) is 23.3 Å². The Labute approximate surface area is 162 Å². The molecule has 2 heterocycles. The molecule has 0 bridgehead atoms. The summed E-state index contributed by atoms with van der Waals surface area (Å²) in [7, 11) is 0. The lowest BCUT2D eigenvalue weighted by atomic mass is 10.00. The number of benzene rings is 2. The van der Waals surface area contributed by atoms with E-state index in [0.29, 0.717) is 5.92 Å². The normalized spacial score (nSPS) is 14.7. The van der Waals surface area contributed by atoms with Crippen LogP contribution < -0.4 is 10.2 Å². The predicted octanol–water partition coefficient (Wildman–Crippen LogP) is 6.40. The number of hydrogen-bond donors (Lipinski definition) is 1. The third-order valence-electron chi connectivity index (χ3n) is 5.49. The van der Waals surface area contributed by atoms with Crippen LogP contribution in [0.2, 0.25) is 0 Å². The number of aryl methyl sites for hydroxylation is 1. The van der Waals surface area contributed by atoms with Gasteiger partial charge in [0.25, 0.3) is 0 Å². The fourth-order valence-corrected chi connectivity index (χ4v) is 3.90. The molecule has 3 heteroatoms. The van der Waals surface area contributed by atoms with E-state index in [1.807, 2.05) is 0 Å². The second-order valence-corrected chi connectivity index (χ2v) is 7.96. The molecular formula is C24H29N3. The van der Waals surface area contributed by atoms with Gasteiger partial charge in [-0.05, 0) is 80.1 Å². The quantitative estimate of drug-likeness (QED) is 0.584. The summed E-state index contributed by atoms with van der Waals surface area (Å²) in [4.78, 5) is 7.20. The summed E-state index contributed by atoms with van der Waals surface area (Å²) in [5.74, 6) is 0.507. The summed E-state index contributed by atoms with van der Waals surface area (Å²) in [6, 6.07) is 17.6. The van der Waals surface area contributed by atoms with Crippen LogP contribution in [0, 0.1) is 6.92 Å². The highest BCUT2D eigenvalue weighted by Gasteiger charge is 2.11. The van der Waals surface area contributed by atoms with Crippen LogP contribution in [0.25, 0.3) is 10.9 Å². The van der Waals surface area contributed by atoms with Gasteiger partial charge >= 0.3 is 0 Å². The predicted molar refractivity (Wildman–Crippen MR) is 116 cm³/mol. The van der Waals surface area contributed by atoms with Crippen LogP contribution >= 0.6 is 0 Å². The number of aromatic nitrogens is 1. The Morgan fingerprint density at radius 2 is 1.67 bits per heavy atom. The molecule has 0 atom stereocenters. The molecule has 1 fully saturated rings. The maximum atomic E-state index is 4.71. The summed E-state index contributed by atoms with van der Waals surface area (Å²) in [5.41, 5.74) is 7.01. The van der Waals surface area contributed by atoms with Gasteiger partial charge in [0.15, 0.2) is 0 Å². The van der Waals surface area contributed by atoms with E-state index in [2.05, 4.69) is 79.5 Å². The second-order valence-electron chi connectivity index (χ2n) is 7.96. The third kappa shape index (κ3) is 3.92. The van der Waals surface area contributed by atoms with Crippen molar-refractivity contribution in [3.05, 3.63) is 59.8 Å². The Bertz CT molecular complexity index is 922. The molecular weight excluding hydrogens is 330 g/mol. The van der Waals surface area contributed by atoms with Gasteiger partial charge in [-0.15, -0.1) is 0 Å². The number of nitrogens with one attached hydrogen (secondary N) is 1. The minimum Gasteiger partial charge on any atom is -0.372 e. The summed E-state index contributed by atoms with van der Waals surface area (Å²) < 4.78 is 0. The Balaban J connectivity index is 1.63. The van der Waals surface area contributed by atoms with Gasteiger partial charge in [0, 0.05) is 41.2 Å². The van der Waals surface area contributed by atoms with Crippen LogP contribution in [0.5, 0.6) is 0 Å². The Morgan fingerprint density at radius 1 is 0.926 bits per heavy atom. The molecule has 1 saturated heterocycles. The van der Waals surface area contributed by atoms with Gasteiger partial charge in [-0.3, -0.25) is 4.98 Å². The maximum Gasteiger partial charge on any atom is 0.0726 e. The molecule has 2 aromatic carbocycles. The van der Waals surface area contributed by atoms with E-state index in [1.54, 1.807) is 0 Å². The topological polar surface area (TPSA) is 28.2 Å². The van der Waals surface area contributed by atoms with Crippen LogP contribution in [-0.4, -0.2) is 18.1 Å². The van der Waals surface area contributed by atoms with E-state index >= 15 is 0 Å². The Morgan fingerprint density at radius 3 is 2.37 bits per heavy atom.